The Labute approximate surface area is 404 Å². The summed E-state index contributed by atoms with van der Waals surface area (Å²) in [5.74, 6) is 0. The Morgan fingerprint density at radius 2 is 0.725 bits per heavy atom. The van der Waals surface area contributed by atoms with Gasteiger partial charge < -0.3 is 9.13 Å². The molecule has 0 bridgehead atoms. The van der Waals surface area contributed by atoms with E-state index in [9.17, 15) is 0 Å². The van der Waals surface area contributed by atoms with E-state index in [1.807, 2.05) is 0 Å². The number of hydrogen-bond donors (Lipinski definition) is 0. The van der Waals surface area contributed by atoms with Crippen molar-refractivity contribution in [2.24, 2.45) is 0 Å². The smallest absolute Gasteiger partial charge is 0.179 e. The molecule has 0 N–H and O–H groups in total. The number of rotatable bonds is 9. The predicted octanol–water partition coefficient (Wildman–Crippen LogP) is 13.9. The van der Waals surface area contributed by atoms with Crippen molar-refractivity contribution in [3.8, 4) is 33.6 Å². The first-order valence-electron chi connectivity index (χ1n) is 24.1. The van der Waals surface area contributed by atoms with Crippen LogP contribution in [0.5, 0.6) is 0 Å². The molecule has 0 amide bonds. The molecule has 3 heteroatoms. The van der Waals surface area contributed by atoms with Gasteiger partial charge in [-0.15, -0.1) is 0 Å². The predicted molar refractivity (Wildman–Crippen MR) is 295 cm³/mol. The van der Waals surface area contributed by atoms with Crippen LogP contribution in [0.4, 0.5) is 0 Å². The molecule has 13 rings (SSSR count). The SMILES string of the molecule is C1=C(c2cc(-c3ccc([Si](c4ccccc4)(c4ccccc4)c4ccccc4)cc3)cc(-c3ccc4c(c3)c3ccccc3n4-c3ccccc3)c2)CCc2c1c1ccccc1n2-c1ccccc1. The van der Waals surface area contributed by atoms with E-state index in [4.69, 9.17) is 0 Å². The van der Waals surface area contributed by atoms with Gasteiger partial charge in [-0.1, -0.05) is 194 Å². The molecular formula is C66H48N2Si. The van der Waals surface area contributed by atoms with Crippen LogP contribution in [0.2, 0.25) is 0 Å². The fourth-order valence-corrected chi connectivity index (χ4v) is 16.2. The molecular weight excluding hydrogens is 849 g/mol. The highest BCUT2D eigenvalue weighted by Gasteiger charge is 2.41. The summed E-state index contributed by atoms with van der Waals surface area (Å²) in [6.07, 6.45) is 4.39. The van der Waals surface area contributed by atoms with Crippen LogP contribution >= 0.6 is 0 Å². The molecule has 0 fully saturated rings. The molecule has 2 aromatic heterocycles. The van der Waals surface area contributed by atoms with Gasteiger partial charge in [0, 0.05) is 38.8 Å². The van der Waals surface area contributed by atoms with Crippen molar-refractivity contribution in [2.75, 3.05) is 0 Å². The third-order valence-corrected chi connectivity index (χ3v) is 19.4. The molecule has 10 aromatic carbocycles. The molecule has 1 aliphatic rings. The molecule has 0 saturated heterocycles. The summed E-state index contributed by atoms with van der Waals surface area (Å²) >= 11 is 0. The molecule has 69 heavy (non-hydrogen) atoms. The quantitative estimate of drug-likeness (QED) is 0.101. The van der Waals surface area contributed by atoms with E-state index in [2.05, 4.69) is 276 Å². The van der Waals surface area contributed by atoms with Crippen molar-refractivity contribution in [1.82, 2.24) is 9.13 Å². The zero-order valence-electron chi connectivity index (χ0n) is 38.2. The summed E-state index contributed by atoms with van der Waals surface area (Å²) in [5, 5.41) is 9.29. The minimum Gasteiger partial charge on any atom is -0.313 e. The third kappa shape index (κ3) is 6.85. The average molecular weight is 897 g/mol. The number of allylic oxidation sites excluding steroid dienone is 1. The average Bonchev–Trinajstić information content (AvgIpc) is 3.95. The Balaban J connectivity index is 1.00. The highest BCUT2D eigenvalue weighted by Crippen LogP contribution is 2.42. The van der Waals surface area contributed by atoms with E-state index in [0.29, 0.717) is 0 Å². The molecule has 326 valence electrons. The lowest BCUT2D eigenvalue weighted by molar-refractivity contribution is 0.898. The summed E-state index contributed by atoms with van der Waals surface area (Å²) < 4.78 is 4.88. The highest BCUT2D eigenvalue weighted by atomic mass is 28.3. The second-order valence-corrected chi connectivity index (χ2v) is 22.2. The number of nitrogens with zero attached hydrogens (tertiary/aromatic N) is 2. The van der Waals surface area contributed by atoms with Crippen molar-refractivity contribution in [3.05, 3.63) is 278 Å². The Morgan fingerprint density at radius 3 is 1.32 bits per heavy atom. The maximum atomic E-state index is 2.49. The first-order valence-corrected chi connectivity index (χ1v) is 26.1. The van der Waals surface area contributed by atoms with Crippen molar-refractivity contribution >= 4 is 73.2 Å². The van der Waals surface area contributed by atoms with Gasteiger partial charge in [0.05, 0.1) is 16.6 Å². The van der Waals surface area contributed by atoms with Crippen LogP contribution in [0.1, 0.15) is 23.2 Å². The molecule has 0 atom stereocenters. The number of aromatic nitrogens is 2. The van der Waals surface area contributed by atoms with Crippen molar-refractivity contribution < 1.29 is 0 Å². The topological polar surface area (TPSA) is 9.86 Å². The summed E-state index contributed by atoms with van der Waals surface area (Å²) in [5.41, 5.74) is 16.2. The van der Waals surface area contributed by atoms with Gasteiger partial charge in [-0.05, 0) is 140 Å². The van der Waals surface area contributed by atoms with Crippen LogP contribution in [-0.2, 0) is 6.42 Å². The van der Waals surface area contributed by atoms with E-state index in [-0.39, 0.29) is 0 Å². The number of fused-ring (bicyclic) bond motifs is 6. The molecule has 1 aliphatic carbocycles. The van der Waals surface area contributed by atoms with Gasteiger partial charge in [-0.25, -0.2) is 0 Å². The molecule has 0 spiro atoms. The van der Waals surface area contributed by atoms with E-state index >= 15 is 0 Å². The number of hydrogen-bond acceptors (Lipinski definition) is 0. The molecule has 12 aromatic rings. The minimum atomic E-state index is -2.69. The van der Waals surface area contributed by atoms with Gasteiger partial charge in [-0.3, -0.25) is 0 Å². The van der Waals surface area contributed by atoms with Crippen LogP contribution < -0.4 is 20.7 Å². The lowest BCUT2D eigenvalue weighted by atomic mass is 9.87. The van der Waals surface area contributed by atoms with Crippen LogP contribution in [0.25, 0.3) is 78.0 Å². The zero-order valence-corrected chi connectivity index (χ0v) is 39.2. The first-order chi connectivity index (χ1) is 34.2. The highest BCUT2D eigenvalue weighted by molar-refractivity contribution is 7.19. The largest absolute Gasteiger partial charge is 0.313 e. The summed E-state index contributed by atoms with van der Waals surface area (Å²) in [6.45, 7) is 0. The Kier molecular flexibility index (Phi) is 10.0. The van der Waals surface area contributed by atoms with Gasteiger partial charge in [0.1, 0.15) is 0 Å². The molecule has 0 unspecified atom stereocenters. The molecule has 2 heterocycles. The van der Waals surface area contributed by atoms with Crippen LogP contribution in [0, 0.1) is 0 Å². The van der Waals surface area contributed by atoms with Gasteiger partial charge in [0.2, 0.25) is 0 Å². The first kappa shape index (κ1) is 40.7. The molecule has 0 radical (unpaired) electrons. The number of para-hydroxylation sites is 4. The van der Waals surface area contributed by atoms with E-state index < -0.39 is 8.07 Å². The monoisotopic (exact) mass is 896 g/mol. The zero-order chi connectivity index (χ0) is 45.7. The molecule has 2 nitrogen and oxygen atoms in total. The Bertz CT molecular complexity index is 3750. The van der Waals surface area contributed by atoms with Crippen LogP contribution in [0.3, 0.4) is 0 Å². The standard InChI is InChI=1S/C66H48N2Si/c1-6-20-53(21-7-1)67-63-32-18-16-30-59(63)61-45-48(36-40-65(61)67)51-42-50(43-52(44-51)49-37-41-66-62(46-49)60-31-17-19-33-64(60)68(66)54-22-8-2-9-23-54)47-34-38-58(39-35-47)69(55-24-10-3-11-25-55,56-26-12-4-13-27-56)57-28-14-5-15-29-57/h1-36,38-40,42-46H,37,41H2. The Hall–Kier alpha value is -8.50. The lowest BCUT2D eigenvalue weighted by Gasteiger charge is -2.34. The van der Waals surface area contributed by atoms with Crippen LogP contribution in [0.15, 0.2) is 261 Å². The van der Waals surface area contributed by atoms with Crippen molar-refractivity contribution in [2.45, 2.75) is 12.8 Å². The summed E-state index contributed by atoms with van der Waals surface area (Å²) in [4.78, 5) is 0. The second kappa shape index (κ2) is 17.0. The second-order valence-electron chi connectivity index (χ2n) is 18.4. The van der Waals surface area contributed by atoms with Gasteiger partial charge in [0.25, 0.3) is 0 Å². The van der Waals surface area contributed by atoms with Crippen molar-refractivity contribution in [1.29, 1.82) is 0 Å². The third-order valence-electron chi connectivity index (χ3n) is 14.6. The van der Waals surface area contributed by atoms with Crippen LogP contribution in [-0.4, -0.2) is 17.2 Å². The molecule has 0 saturated carbocycles. The number of benzene rings is 10. The minimum absolute atomic E-state index is 0.945. The van der Waals surface area contributed by atoms with E-state index in [1.54, 1.807) is 0 Å². The Morgan fingerprint density at radius 1 is 0.290 bits per heavy atom. The summed E-state index contributed by atoms with van der Waals surface area (Å²) in [6, 6.07) is 96.9. The maximum Gasteiger partial charge on any atom is 0.179 e. The van der Waals surface area contributed by atoms with Gasteiger partial charge in [-0.2, -0.15) is 0 Å². The fourth-order valence-electron chi connectivity index (χ4n) is 11.5. The van der Waals surface area contributed by atoms with E-state index in [0.717, 1.165) is 12.8 Å². The van der Waals surface area contributed by atoms with Crippen molar-refractivity contribution in [3.63, 3.8) is 0 Å². The lowest BCUT2D eigenvalue weighted by Crippen LogP contribution is -2.74. The molecule has 0 aliphatic heterocycles. The summed E-state index contributed by atoms with van der Waals surface area (Å²) in [7, 11) is -2.69. The fraction of sp³-hybridized carbons (Fsp3) is 0.0303. The maximum absolute atomic E-state index is 2.69. The normalized spacial score (nSPS) is 12.6. The van der Waals surface area contributed by atoms with Gasteiger partial charge >= 0.3 is 0 Å². The van der Waals surface area contributed by atoms with E-state index in [1.165, 1.54) is 109 Å². The van der Waals surface area contributed by atoms with Gasteiger partial charge in [0.15, 0.2) is 8.07 Å².